The van der Waals surface area contributed by atoms with Gasteiger partial charge in [-0.05, 0) is 6.42 Å². The van der Waals surface area contributed by atoms with E-state index in [-0.39, 0.29) is 6.04 Å². The molecule has 0 saturated carbocycles. The average Bonchev–Trinajstić information content (AvgIpc) is 2.46. The van der Waals surface area contributed by atoms with Gasteiger partial charge in [0.05, 0.1) is 6.54 Å². The monoisotopic (exact) mass is 166 g/mol. The van der Waals surface area contributed by atoms with Gasteiger partial charge in [0.1, 0.15) is 5.82 Å². The second-order valence-electron chi connectivity index (χ2n) is 3.28. The second-order valence-corrected chi connectivity index (χ2v) is 3.28. The van der Waals surface area contributed by atoms with Crippen LogP contribution in [0.1, 0.15) is 25.0 Å². The van der Waals surface area contributed by atoms with Crippen LogP contribution < -0.4 is 5.73 Å². The van der Waals surface area contributed by atoms with E-state index < -0.39 is 0 Å². The van der Waals surface area contributed by atoms with Crippen LogP contribution in [-0.4, -0.2) is 20.8 Å². The van der Waals surface area contributed by atoms with Crippen molar-refractivity contribution in [3.8, 4) is 0 Å². The Labute approximate surface area is 71.8 Å². The maximum atomic E-state index is 5.81. The summed E-state index contributed by atoms with van der Waals surface area (Å²) in [5.74, 6) is 2.05. The van der Waals surface area contributed by atoms with E-state index in [1.54, 1.807) is 0 Å². The molecule has 1 atom stereocenters. The number of nitrogens with zero attached hydrogens (tertiary/aromatic N) is 3. The van der Waals surface area contributed by atoms with Crippen LogP contribution in [0, 0.1) is 0 Å². The molecule has 2 heterocycles. The Hall–Kier alpha value is -0.900. The standard InChI is InChI=1S/C8H14N4/c1-2-7-10-8-4-3-6(9)5-12(8)11-7/h6H,2-5,9H2,1H3/t6-/m0/s1. The molecule has 1 aromatic rings. The van der Waals surface area contributed by atoms with Gasteiger partial charge in [-0.1, -0.05) is 6.92 Å². The first-order valence-electron chi connectivity index (χ1n) is 4.47. The Bertz CT molecular complexity index is 279. The van der Waals surface area contributed by atoms with E-state index in [4.69, 9.17) is 5.73 Å². The van der Waals surface area contributed by atoms with Gasteiger partial charge in [-0.15, -0.1) is 0 Å². The molecule has 1 aromatic heterocycles. The van der Waals surface area contributed by atoms with Gasteiger partial charge in [0, 0.05) is 18.9 Å². The summed E-state index contributed by atoms with van der Waals surface area (Å²) < 4.78 is 1.95. The van der Waals surface area contributed by atoms with Crippen molar-refractivity contribution in [2.45, 2.75) is 38.8 Å². The molecular formula is C8H14N4. The molecule has 0 bridgehead atoms. The third-order valence-electron chi connectivity index (χ3n) is 2.25. The number of rotatable bonds is 1. The highest BCUT2D eigenvalue weighted by Gasteiger charge is 2.17. The molecule has 4 heteroatoms. The molecule has 0 aromatic carbocycles. The van der Waals surface area contributed by atoms with Gasteiger partial charge in [0.15, 0.2) is 5.82 Å². The lowest BCUT2D eigenvalue weighted by Gasteiger charge is -2.17. The molecule has 0 fully saturated rings. The average molecular weight is 166 g/mol. The molecule has 0 spiro atoms. The van der Waals surface area contributed by atoms with E-state index in [0.717, 1.165) is 37.5 Å². The zero-order chi connectivity index (χ0) is 8.55. The predicted molar refractivity (Wildman–Crippen MR) is 45.7 cm³/mol. The van der Waals surface area contributed by atoms with Crippen molar-refractivity contribution >= 4 is 0 Å². The Morgan fingerprint density at radius 2 is 2.50 bits per heavy atom. The lowest BCUT2D eigenvalue weighted by molar-refractivity contribution is 0.421. The second kappa shape index (κ2) is 2.86. The van der Waals surface area contributed by atoms with Crippen LogP contribution in [0.4, 0.5) is 0 Å². The van der Waals surface area contributed by atoms with Gasteiger partial charge in [0.25, 0.3) is 0 Å². The van der Waals surface area contributed by atoms with Crippen LogP contribution in [0.25, 0.3) is 0 Å². The summed E-state index contributed by atoms with van der Waals surface area (Å²) in [6.45, 7) is 2.91. The van der Waals surface area contributed by atoms with Gasteiger partial charge in [-0.25, -0.2) is 9.67 Å². The minimum Gasteiger partial charge on any atom is -0.326 e. The van der Waals surface area contributed by atoms with Crippen LogP contribution in [0.2, 0.25) is 0 Å². The summed E-state index contributed by atoms with van der Waals surface area (Å²) in [5, 5.41) is 4.35. The van der Waals surface area contributed by atoms with Crippen LogP contribution in [0.15, 0.2) is 0 Å². The molecule has 4 nitrogen and oxygen atoms in total. The highest BCUT2D eigenvalue weighted by Crippen LogP contribution is 2.11. The first-order chi connectivity index (χ1) is 5.79. The predicted octanol–water partition coefficient (Wildman–Crippen LogP) is 0.114. The van der Waals surface area contributed by atoms with Crippen molar-refractivity contribution in [1.29, 1.82) is 0 Å². The Balaban J connectivity index is 2.28. The smallest absolute Gasteiger partial charge is 0.150 e. The summed E-state index contributed by atoms with van der Waals surface area (Å²) in [5.41, 5.74) is 5.81. The minimum atomic E-state index is 0.268. The molecule has 66 valence electrons. The fourth-order valence-electron chi connectivity index (χ4n) is 1.53. The number of hydrogen-bond acceptors (Lipinski definition) is 3. The molecule has 0 radical (unpaired) electrons. The number of aryl methyl sites for hydroxylation is 2. The molecular weight excluding hydrogens is 152 g/mol. The van der Waals surface area contributed by atoms with E-state index in [0.29, 0.717) is 0 Å². The van der Waals surface area contributed by atoms with Crippen molar-refractivity contribution in [1.82, 2.24) is 14.8 Å². The molecule has 0 saturated heterocycles. The van der Waals surface area contributed by atoms with Crippen LogP contribution >= 0.6 is 0 Å². The Kier molecular flexibility index (Phi) is 1.84. The lowest BCUT2D eigenvalue weighted by Crippen LogP contribution is -2.32. The summed E-state index contributed by atoms with van der Waals surface area (Å²) in [6, 6.07) is 0.268. The van der Waals surface area contributed by atoms with Crippen LogP contribution in [0.5, 0.6) is 0 Å². The number of nitrogens with two attached hydrogens (primary N) is 1. The number of hydrogen-bond donors (Lipinski definition) is 1. The van der Waals surface area contributed by atoms with E-state index in [2.05, 4.69) is 17.0 Å². The van der Waals surface area contributed by atoms with E-state index >= 15 is 0 Å². The zero-order valence-electron chi connectivity index (χ0n) is 7.32. The molecule has 0 amide bonds. The van der Waals surface area contributed by atoms with E-state index in [9.17, 15) is 0 Å². The van der Waals surface area contributed by atoms with Gasteiger partial charge >= 0.3 is 0 Å². The third-order valence-corrected chi connectivity index (χ3v) is 2.25. The number of aromatic nitrogens is 3. The SMILES string of the molecule is CCc1nc2n(n1)C[C@@H](N)CC2. The van der Waals surface area contributed by atoms with Gasteiger partial charge in [-0.2, -0.15) is 5.10 Å². The molecule has 2 N–H and O–H groups in total. The third kappa shape index (κ3) is 1.22. The molecule has 1 aliphatic heterocycles. The molecule has 12 heavy (non-hydrogen) atoms. The van der Waals surface area contributed by atoms with Gasteiger partial charge in [-0.3, -0.25) is 0 Å². The van der Waals surface area contributed by atoms with Crippen molar-refractivity contribution in [3.63, 3.8) is 0 Å². The largest absolute Gasteiger partial charge is 0.326 e. The summed E-state index contributed by atoms with van der Waals surface area (Å²) in [6.07, 6.45) is 2.94. The van der Waals surface area contributed by atoms with Crippen molar-refractivity contribution in [3.05, 3.63) is 11.6 Å². The summed E-state index contributed by atoms with van der Waals surface area (Å²) >= 11 is 0. The van der Waals surface area contributed by atoms with E-state index in [1.165, 1.54) is 0 Å². The maximum Gasteiger partial charge on any atom is 0.150 e. The van der Waals surface area contributed by atoms with Crippen molar-refractivity contribution in [2.24, 2.45) is 5.73 Å². The summed E-state index contributed by atoms with van der Waals surface area (Å²) in [4.78, 5) is 4.40. The summed E-state index contributed by atoms with van der Waals surface area (Å²) in [7, 11) is 0. The maximum absolute atomic E-state index is 5.81. The first-order valence-corrected chi connectivity index (χ1v) is 4.47. The Morgan fingerprint density at radius 3 is 3.25 bits per heavy atom. The zero-order valence-corrected chi connectivity index (χ0v) is 7.32. The molecule has 2 rings (SSSR count). The quantitative estimate of drug-likeness (QED) is 0.644. The first kappa shape index (κ1) is 7.73. The fraction of sp³-hybridized carbons (Fsp3) is 0.750. The topological polar surface area (TPSA) is 56.7 Å². The van der Waals surface area contributed by atoms with Gasteiger partial charge < -0.3 is 5.73 Å². The molecule has 0 aliphatic carbocycles. The fourth-order valence-corrected chi connectivity index (χ4v) is 1.53. The normalized spacial score (nSPS) is 22.3. The number of fused-ring (bicyclic) bond motifs is 1. The molecule has 1 aliphatic rings. The molecule has 0 unspecified atom stereocenters. The van der Waals surface area contributed by atoms with Crippen LogP contribution in [-0.2, 0) is 19.4 Å². The lowest BCUT2D eigenvalue weighted by atomic mass is 10.1. The van der Waals surface area contributed by atoms with E-state index in [1.807, 2.05) is 4.68 Å². The minimum absolute atomic E-state index is 0.268. The van der Waals surface area contributed by atoms with Gasteiger partial charge in [0.2, 0.25) is 0 Å². The highest BCUT2D eigenvalue weighted by molar-refractivity contribution is 4.97. The van der Waals surface area contributed by atoms with Crippen molar-refractivity contribution < 1.29 is 0 Å². The van der Waals surface area contributed by atoms with Crippen molar-refractivity contribution in [2.75, 3.05) is 0 Å². The highest BCUT2D eigenvalue weighted by atomic mass is 15.4. The Morgan fingerprint density at radius 1 is 1.67 bits per heavy atom. The van der Waals surface area contributed by atoms with Crippen LogP contribution in [0.3, 0.4) is 0 Å².